The Morgan fingerprint density at radius 2 is 1.66 bits per heavy atom. The van der Waals surface area contributed by atoms with Crippen LogP contribution in [0.1, 0.15) is 34.3 Å². The molecule has 0 aliphatic heterocycles. The summed E-state index contributed by atoms with van der Waals surface area (Å²) in [7, 11) is -3.56. The Kier molecular flexibility index (Phi) is 5.53. The Morgan fingerprint density at radius 3 is 2.38 bits per heavy atom. The summed E-state index contributed by atoms with van der Waals surface area (Å²) in [4.78, 5) is 16.8. The monoisotopic (exact) mass is 447 g/mol. The number of anilines is 1. The third kappa shape index (κ3) is 4.18. The summed E-state index contributed by atoms with van der Waals surface area (Å²) in [6.07, 6.45) is 6.83. The van der Waals surface area contributed by atoms with Crippen molar-refractivity contribution in [3.05, 3.63) is 89.7 Å². The number of sulfonamides is 1. The van der Waals surface area contributed by atoms with Crippen LogP contribution in [0.2, 0.25) is 0 Å². The van der Waals surface area contributed by atoms with Crippen molar-refractivity contribution in [1.29, 1.82) is 0 Å². The van der Waals surface area contributed by atoms with Gasteiger partial charge >= 0.3 is 0 Å². The predicted molar refractivity (Wildman–Crippen MR) is 123 cm³/mol. The van der Waals surface area contributed by atoms with E-state index in [4.69, 9.17) is 0 Å². The standard InChI is InChI=1S/C25H25N3O3S/c29-25(20-5-4-12-26-16-20)27-22-11-10-17-13-18-8-9-19(14-21(17)15-22)24(18)28-32(30,31)23-6-2-1-3-7-23/h1-7,10-12,15-16,18-19,24,28H,8-9,13-14H2,(H,27,29). The first kappa shape index (κ1) is 20.8. The zero-order valence-electron chi connectivity index (χ0n) is 17.6. The van der Waals surface area contributed by atoms with Crippen LogP contribution in [-0.2, 0) is 22.9 Å². The van der Waals surface area contributed by atoms with Gasteiger partial charge in [-0.1, -0.05) is 24.3 Å². The largest absolute Gasteiger partial charge is 0.322 e. The van der Waals surface area contributed by atoms with Crippen LogP contribution in [0.4, 0.5) is 5.69 Å². The lowest BCUT2D eigenvalue weighted by molar-refractivity contribution is 0.102. The molecule has 1 amide bonds. The van der Waals surface area contributed by atoms with Gasteiger partial charge in [0.25, 0.3) is 5.91 Å². The number of benzene rings is 2. The summed E-state index contributed by atoms with van der Waals surface area (Å²) in [5, 5.41) is 2.95. The van der Waals surface area contributed by atoms with Gasteiger partial charge in [-0.15, -0.1) is 0 Å². The number of carbonyl (C=O) groups excluding carboxylic acids is 1. The van der Waals surface area contributed by atoms with Crippen LogP contribution in [0.15, 0.2) is 78.0 Å². The minimum absolute atomic E-state index is 0.0824. The van der Waals surface area contributed by atoms with Gasteiger partial charge in [0.2, 0.25) is 10.0 Å². The van der Waals surface area contributed by atoms with E-state index in [1.807, 2.05) is 18.2 Å². The summed E-state index contributed by atoms with van der Waals surface area (Å²) in [6.45, 7) is 0. The predicted octanol–water partition coefficient (Wildman–Crippen LogP) is 3.81. The minimum Gasteiger partial charge on any atom is -0.322 e. The van der Waals surface area contributed by atoms with Crippen molar-refractivity contribution in [2.24, 2.45) is 11.8 Å². The lowest BCUT2D eigenvalue weighted by atomic mass is 9.93. The number of pyridine rings is 1. The Labute approximate surface area is 188 Å². The van der Waals surface area contributed by atoms with Gasteiger partial charge in [0.15, 0.2) is 0 Å². The summed E-state index contributed by atoms with van der Waals surface area (Å²) < 4.78 is 28.9. The summed E-state index contributed by atoms with van der Waals surface area (Å²) in [6, 6.07) is 18.0. The molecule has 3 atom stereocenters. The number of hydrogen-bond donors (Lipinski definition) is 2. The molecule has 0 saturated heterocycles. The van der Waals surface area contributed by atoms with E-state index in [-0.39, 0.29) is 23.8 Å². The average Bonchev–Trinajstić information content (AvgIpc) is 3.08. The highest BCUT2D eigenvalue weighted by molar-refractivity contribution is 7.89. The Balaban J connectivity index is 1.35. The van der Waals surface area contributed by atoms with Crippen LogP contribution in [0.3, 0.4) is 0 Å². The van der Waals surface area contributed by atoms with Crippen molar-refractivity contribution in [3.8, 4) is 0 Å². The molecule has 1 heterocycles. The highest BCUT2D eigenvalue weighted by Crippen LogP contribution is 2.41. The van der Waals surface area contributed by atoms with Gasteiger partial charge in [-0.3, -0.25) is 9.78 Å². The van der Waals surface area contributed by atoms with Crippen molar-refractivity contribution in [2.45, 2.75) is 36.6 Å². The number of fused-ring (bicyclic) bond motifs is 3. The number of rotatable bonds is 5. The fourth-order valence-corrected chi connectivity index (χ4v) is 6.42. The maximum Gasteiger partial charge on any atom is 0.257 e. The first-order chi connectivity index (χ1) is 15.5. The van der Waals surface area contributed by atoms with E-state index in [9.17, 15) is 13.2 Å². The molecule has 32 heavy (non-hydrogen) atoms. The second kappa shape index (κ2) is 8.48. The van der Waals surface area contributed by atoms with E-state index in [0.29, 0.717) is 10.5 Å². The van der Waals surface area contributed by atoms with Crippen LogP contribution in [-0.4, -0.2) is 25.4 Å². The van der Waals surface area contributed by atoms with E-state index >= 15 is 0 Å². The molecule has 0 spiro atoms. The van der Waals surface area contributed by atoms with Crippen molar-refractivity contribution in [2.75, 3.05) is 5.32 Å². The molecular formula is C25H25N3O3S. The molecular weight excluding hydrogens is 422 g/mol. The van der Waals surface area contributed by atoms with E-state index in [1.165, 1.54) is 11.1 Å². The molecule has 2 aliphatic carbocycles. The van der Waals surface area contributed by atoms with Gasteiger partial charge in [-0.25, -0.2) is 13.1 Å². The SMILES string of the molecule is O=C(Nc1ccc2c(c1)CC1CCC(C2)C1NS(=O)(=O)c1ccccc1)c1cccnc1. The molecule has 1 fully saturated rings. The van der Waals surface area contributed by atoms with Crippen LogP contribution in [0.25, 0.3) is 0 Å². The van der Waals surface area contributed by atoms with E-state index in [2.05, 4.69) is 21.1 Å². The minimum atomic E-state index is -3.56. The molecule has 2 bridgehead atoms. The molecule has 2 aliphatic rings. The number of carbonyl (C=O) groups is 1. The molecule has 3 unspecified atom stereocenters. The zero-order chi connectivity index (χ0) is 22.1. The average molecular weight is 448 g/mol. The summed E-state index contributed by atoms with van der Waals surface area (Å²) in [5.41, 5.74) is 3.68. The van der Waals surface area contributed by atoms with Gasteiger partial charge in [-0.2, -0.15) is 0 Å². The Hall–Kier alpha value is -3.03. The second-order valence-electron chi connectivity index (χ2n) is 8.65. The normalized spacial score (nSPS) is 22.1. The third-order valence-corrected chi connectivity index (χ3v) is 8.10. The molecule has 164 valence electrons. The van der Waals surface area contributed by atoms with Gasteiger partial charge in [0.1, 0.15) is 0 Å². The lowest BCUT2D eigenvalue weighted by Crippen LogP contribution is -2.41. The molecule has 2 aromatic carbocycles. The highest BCUT2D eigenvalue weighted by atomic mass is 32.2. The summed E-state index contributed by atoms with van der Waals surface area (Å²) >= 11 is 0. The quantitative estimate of drug-likeness (QED) is 0.623. The van der Waals surface area contributed by atoms with Crippen LogP contribution >= 0.6 is 0 Å². The maximum absolute atomic E-state index is 13.0. The topological polar surface area (TPSA) is 88.2 Å². The van der Waals surface area contributed by atoms with E-state index < -0.39 is 10.0 Å². The fourth-order valence-electron chi connectivity index (χ4n) is 5.03. The van der Waals surface area contributed by atoms with E-state index in [1.54, 1.807) is 48.8 Å². The first-order valence-electron chi connectivity index (χ1n) is 10.9. The fraction of sp³-hybridized carbons (Fsp3) is 0.280. The number of nitrogens with zero attached hydrogens (tertiary/aromatic N) is 1. The maximum atomic E-state index is 13.0. The molecule has 3 aromatic rings. The number of hydrogen-bond acceptors (Lipinski definition) is 4. The second-order valence-corrected chi connectivity index (χ2v) is 10.4. The Bertz CT molecular complexity index is 1230. The van der Waals surface area contributed by atoms with Crippen molar-refractivity contribution in [3.63, 3.8) is 0 Å². The molecule has 7 heteroatoms. The molecule has 5 rings (SSSR count). The van der Waals surface area contributed by atoms with Crippen LogP contribution in [0, 0.1) is 11.8 Å². The van der Waals surface area contributed by atoms with Crippen LogP contribution < -0.4 is 10.0 Å². The van der Waals surface area contributed by atoms with Crippen molar-refractivity contribution in [1.82, 2.24) is 9.71 Å². The third-order valence-electron chi connectivity index (χ3n) is 6.62. The smallest absolute Gasteiger partial charge is 0.257 e. The highest BCUT2D eigenvalue weighted by Gasteiger charge is 2.41. The van der Waals surface area contributed by atoms with Gasteiger partial charge in [0, 0.05) is 24.1 Å². The molecule has 2 N–H and O–H groups in total. The number of nitrogens with one attached hydrogen (secondary N) is 2. The van der Waals surface area contributed by atoms with Crippen LogP contribution in [0.5, 0.6) is 0 Å². The number of amides is 1. The van der Waals surface area contributed by atoms with Gasteiger partial charge in [0.05, 0.1) is 10.5 Å². The van der Waals surface area contributed by atoms with Crippen molar-refractivity contribution < 1.29 is 13.2 Å². The Morgan fingerprint density at radius 1 is 0.906 bits per heavy atom. The number of aromatic nitrogens is 1. The van der Waals surface area contributed by atoms with Gasteiger partial charge < -0.3 is 5.32 Å². The molecule has 1 saturated carbocycles. The van der Waals surface area contributed by atoms with Crippen molar-refractivity contribution >= 4 is 21.6 Å². The first-order valence-corrected chi connectivity index (χ1v) is 12.4. The van der Waals surface area contributed by atoms with E-state index in [0.717, 1.165) is 31.4 Å². The molecule has 1 aromatic heterocycles. The summed E-state index contributed by atoms with van der Waals surface area (Å²) in [5.74, 6) is 0.321. The molecule has 0 radical (unpaired) electrons. The lowest BCUT2D eigenvalue weighted by Gasteiger charge is -2.23. The zero-order valence-corrected chi connectivity index (χ0v) is 18.4. The molecule has 6 nitrogen and oxygen atoms in total. The van der Waals surface area contributed by atoms with Gasteiger partial charge in [-0.05, 0) is 85.0 Å².